The Morgan fingerprint density at radius 1 is 1.14 bits per heavy atom. The Kier molecular flexibility index (Phi) is 10.4. The maximum absolute atomic E-state index is 12.8. The number of nitrogens with one attached hydrogen (secondary N) is 5. The number of rotatable bonds is 12. The molecule has 4 rings (SSSR count). The van der Waals surface area contributed by atoms with Crippen LogP contribution in [0.1, 0.15) is 93.6 Å². The van der Waals surface area contributed by atoms with E-state index in [1.807, 2.05) is 24.3 Å². The van der Waals surface area contributed by atoms with E-state index >= 15 is 0 Å². The van der Waals surface area contributed by atoms with Crippen LogP contribution in [0.15, 0.2) is 47.6 Å². The van der Waals surface area contributed by atoms with Gasteiger partial charge in [-0.3, -0.25) is 15.5 Å². The summed E-state index contributed by atoms with van der Waals surface area (Å²) in [5.74, 6) is 0.753. The first kappa shape index (κ1) is 32.5. The normalized spacial score (nSPS) is 22.9. The Labute approximate surface area is 259 Å². The van der Waals surface area contributed by atoms with Crippen molar-refractivity contribution in [3.8, 4) is 0 Å². The quantitative estimate of drug-likeness (QED) is 0.168. The zero-order valence-electron chi connectivity index (χ0n) is 25.0. The van der Waals surface area contributed by atoms with Crippen molar-refractivity contribution in [3.63, 3.8) is 0 Å². The number of hydrazine groups is 2. The van der Waals surface area contributed by atoms with Crippen LogP contribution >= 0.6 is 23.2 Å². The lowest BCUT2D eigenvalue weighted by Crippen LogP contribution is -2.66. The molecule has 2 aromatic carbocycles. The van der Waals surface area contributed by atoms with Gasteiger partial charge >= 0.3 is 0 Å². The second-order valence-electron chi connectivity index (χ2n) is 12.4. The number of amidine groups is 1. The first-order valence-electron chi connectivity index (χ1n) is 14.8. The number of hydrazone groups is 1. The molecule has 1 amide bonds. The molecule has 9 nitrogen and oxygen atoms in total. The molecule has 2 aromatic rings. The van der Waals surface area contributed by atoms with Gasteiger partial charge in [-0.05, 0) is 84.9 Å². The summed E-state index contributed by atoms with van der Waals surface area (Å²) in [5, 5.41) is 22.9. The molecule has 11 heteroatoms. The van der Waals surface area contributed by atoms with Crippen molar-refractivity contribution >= 4 is 34.9 Å². The molecule has 2 aliphatic rings. The Morgan fingerprint density at radius 3 is 2.31 bits per heavy atom. The van der Waals surface area contributed by atoms with Crippen LogP contribution in [0.4, 0.5) is 0 Å². The molecule has 230 valence electrons. The van der Waals surface area contributed by atoms with Crippen LogP contribution in [0.2, 0.25) is 10.0 Å². The number of carbonyl (C=O) groups is 1. The third-order valence-corrected chi connectivity index (χ3v) is 9.88. The van der Waals surface area contributed by atoms with Gasteiger partial charge in [-0.1, -0.05) is 69.5 Å². The summed E-state index contributed by atoms with van der Waals surface area (Å²) >= 11 is 13.0. The Bertz CT molecular complexity index is 1240. The molecule has 1 unspecified atom stereocenters. The lowest BCUT2D eigenvalue weighted by molar-refractivity contribution is 0.0436. The van der Waals surface area contributed by atoms with Gasteiger partial charge in [0.1, 0.15) is 0 Å². The van der Waals surface area contributed by atoms with Crippen molar-refractivity contribution in [3.05, 3.63) is 69.2 Å². The van der Waals surface area contributed by atoms with E-state index in [9.17, 15) is 9.90 Å². The number of nitrogens with two attached hydrogens (primary N) is 1. The Hall–Kier alpha value is -2.40. The van der Waals surface area contributed by atoms with Crippen molar-refractivity contribution in [2.75, 3.05) is 13.2 Å². The van der Waals surface area contributed by atoms with Crippen LogP contribution in [0.5, 0.6) is 0 Å². The van der Waals surface area contributed by atoms with Crippen molar-refractivity contribution in [1.29, 1.82) is 0 Å². The molecule has 1 aliphatic carbocycles. The van der Waals surface area contributed by atoms with Crippen LogP contribution in [0.25, 0.3) is 0 Å². The molecular formula is C31H45Cl2N7O2. The van der Waals surface area contributed by atoms with E-state index in [1.165, 1.54) is 0 Å². The fourth-order valence-corrected chi connectivity index (χ4v) is 7.02. The summed E-state index contributed by atoms with van der Waals surface area (Å²) < 4.78 is 0. The SMILES string of the molecule is CC[C@H](c1ccc(C(=O)NCC2=NNNN2)cc1)C(CO)(NC1(N)CCC(C(C)(C)CC)CC1)c1cc(Cl)cc(Cl)c1. The highest BCUT2D eigenvalue weighted by atomic mass is 35.5. The summed E-state index contributed by atoms with van der Waals surface area (Å²) in [4.78, 5) is 12.8. The average molecular weight is 619 g/mol. The molecule has 2 atom stereocenters. The number of amides is 1. The van der Waals surface area contributed by atoms with Gasteiger partial charge in [0, 0.05) is 21.5 Å². The third-order valence-electron chi connectivity index (χ3n) is 9.44. The van der Waals surface area contributed by atoms with Crippen LogP contribution in [0.3, 0.4) is 0 Å². The first-order valence-corrected chi connectivity index (χ1v) is 15.6. The molecule has 0 aromatic heterocycles. The van der Waals surface area contributed by atoms with Crippen molar-refractivity contribution in [2.45, 2.75) is 83.3 Å². The van der Waals surface area contributed by atoms with Gasteiger partial charge < -0.3 is 16.2 Å². The number of nitrogens with zero attached hydrogens (tertiary/aromatic N) is 1. The number of aliphatic hydroxyl groups is 1. The van der Waals surface area contributed by atoms with Crippen LogP contribution in [-0.4, -0.2) is 35.7 Å². The monoisotopic (exact) mass is 617 g/mol. The molecule has 0 bridgehead atoms. The fraction of sp³-hybridized carbons (Fsp3) is 0.548. The van der Waals surface area contributed by atoms with E-state index in [4.69, 9.17) is 28.9 Å². The molecule has 1 heterocycles. The smallest absolute Gasteiger partial charge is 0.251 e. The number of hydrogen-bond acceptors (Lipinski definition) is 8. The highest BCUT2D eigenvalue weighted by Gasteiger charge is 2.47. The van der Waals surface area contributed by atoms with Gasteiger partial charge in [0.05, 0.1) is 24.4 Å². The molecule has 1 saturated carbocycles. The van der Waals surface area contributed by atoms with Crippen LogP contribution in [-0.2, 0) is 5.54 Å². The topological polar surface area (TPSA) is 136 Å². The maximum atomic E-state index is 12.8. The van der Waals surface area contributed by atoms with E-state index < -0.39 is 11.2 Å². The Balaban J connectivity index is 1.65. The summed E-state index contributed by atoms with van der Waals surface area (Å²) in [6.07, 6.45) is 5.41. The number of benzene rings is 2. The van der Waals surface area contributed by atoms with E-state index in [1.54, 1.807) is 18.2 Å². The third kappa shape index (κ3) is 7.21. The van der Waals surface area contributed by atoms with E-state index in [0.717, 1.165) is 43.2 Å². The predicted octanol–water partition coefficient (Wildman–Crippen LogP) is 4.90. The summed E-state index contributed by atoms with van der Waals surface area (Å²) in [6, 6.07) is 12.9. The first-order chi connectivity index (χ1) is 19.9. The summed E-state index contributed by atoms with van der Waals surface area (Å²) in [7, 11) is 0. The molecule has 0 spiro atoms. The zero-order chi connectivity index (χ0) is 30.5. The van der Waals surface area contributed by atoms with Gasteiger partial charge in [0.25, 0.3) is 5.91 Å². The van der Waals surface area contributed by atoms with Crippen molar-refractivity contribution in [2.24, 2.45) is 22.2 Å². The van der Waals surface area contributed by atoms with Gasteiger partial charge in [0.2, 0.25) is 0 Å². The lowest BCUT2D eigenvalue weighted by Gasteiger charge is -2.51. The van der Waals surface area contributed by atoms with E-state index in [2.05, 4.69) is 59.9 Å². The van der Waals surface area contributed by atoms with Gasteiger partial charge in [-0.25, -0.2) is 5.53 Å². The molecule has 0 saturated heterocycles. The van der Waals surface area contributed by atoms with Crippen molar-refractivity contribution < 1.29 is 9.90 Å². The number of hydrogen-bond donors (Lipinski definition) is 7. The molecule has 8 N–H and O–H groups in total. The summed E-state index contributed by atoms with van der Waals surface area (Å²) in [5.41, 5.74) is 16.0. The number of aliphatic hydroxyl groups excluding tert-OH is 1. The number of halogens is 2. The second kappa shape index (κ2) is 13.5. The van der Waals surface area contributed by atoms with Crippen molar-refractivity contribution in [1.82, 2.24) is 27.1 Å². The maximum Gasteiger partial charge on any atom is 0.251 e. The summed E-state index contributed by atoms with van der Waals surface area (Å²) in [6.45, 7) is 9.05. The molecule has 42 heavy (non-hydrogen) atoms. The van der Waals surface area contributed by atoms with Gasteiger partial charge in [-0.2, -0.15) is 0 Å². The van der Waals surface area contributed by atoms with E-state index in [0.29, 0.717) is 33.8 Å². The predicted molar refractivity (Wildman–Crippen MR) is 170 cm³/mol. The number of carbonyl (C=O) groups excluding carboxylic acids is 1. The zero-order valence-corrected chi connectivity index (χ0v) is 26.5. The minimum atomic E-state index is -0.971. The minimum absolute atomic E-state index is 0.200. The highest BCUT2D eigenvalue weighted by Crippen LogP contribution is 2.46. The Morgan fingerprint density at radius 2 is 1.79 bits per heavy atom. The molecule has 0 radical (unpaired) electrons. The van der Waals surface area contributed by atoms with E-state index in [-0.39, 0.29) is 30.4 Å². The molecule has 1 aliphatic heterocycles. The fourth-order valence-electron chi connectivity index (χ4n) is 6.49. The average Bonchev–Trinajstić information content (AvgIpc) is 3.49. The molecular weight excluding hydrogens is 573 g/mol. The van der Waals surface area contributed by atoms with Crippen LogP contribution in [0, 0.1) is 11.3 Å². The largest absolute Gasteiger partial charge is 0.394 e. The lowest BCUT2D eigenvalue weighted by atomic mass is 9.66. The second-order valence-corrected chi connectivity index (χ2v) is 13.2. The highest BCUT2D eigenvalue weighted by molar-refractivity contribution is 6.34. The minimum Gasteiger partial charge on any atom is -0.394 e. The molecule has 1 fully saturated rings. The van der Waals surface area contributed by atoms with Gasteiger partial charge in [0.15, 0.2) is 5.84 Å². The van der Waals surface area contributed by atoms with Gasteiger partial charge in [-0.15, -0.1) is 10.6 Å². The van der Waals surface area contributed by atoms with Crippen LogP contribution < -0.4 is 32.9 Å². The standard InChI is InChI=1S/C31H45Cl2N7O2/c1-5-26(20-7-9-21(10-8-20)28(42)35-18-27-36-39-40-37-27)31(19-41,23-15-24(32)17-25(33)16-23)38-30(34)13-11-22(12-14-30)29(3,4)6-2/h7-10,15-17,22,26,38-41H,5-6,11-14,18-19,34H2,1-4H3,(H,35,42)(H,36,37)/t22?,26-,30?,31?/m1/s1.